The van der Waals surface area contributed by atoms with Crippen LogP contribution in [0.25, 0.3) is 11.5 Å². The monoisotopic (exact) mass is 334 g/mol. The second-order valence-corrected chi connectivity index (χ2v) is 5.59. The lowest BCUT2D eigenvalue weighted by Crippen LogP contribution is -2.03. The first-order valence-electron chi connectivity index (χ1n) is 7.99. The number of hydrogen-bond acceptors (Lipinski definition) is 5. The second kappa shape index (κ2) is 7.65. The van der Waals surface area contributed by atoms with Crippen LogP contribution < -0.4 is 4.74 Å². The average molecular weight is 334 g/mol. The molecule has 3 rings (SSSR count). The van der Waals surface area contributed by atoms with Crippen molar-refractivity contribution in [3.8, 4) is 23.3 Å². The Morgan fingerprint density at radius 3 is 2.76 bits per heavy atom. The molecule has 0 spiro atoms. The van der Waals surface area contributed by atoms with Crippen LogP contribution in [0.5, 0.6) is 5.75 Å². The van der Waals surface area contributed by atoms with E-state index >= 15 is 0 Å². The largest absolute Gasteiger partial charge is 0.493 e. The molecule has 1 unspecified atom stereocenters. The smallest absolute Gasteiger partial charge is 0.226 e. The van der Waals surface area contributed by atoms with Crippen LogP contribution in [0.15, 0.2) is 59.0 Å². The molecule has 0 bridgehead atoms. The van der Waals surface area contributed by atoms with Gasteiger partial charge in [0.25, 0.3) is 0 Å². The van der Waals surface area contributed by atoms with E-state index in [1.807, 2.05) is 37.3 Å². The van der Waals surface area contributed by atoms with Crippen molar-refractivity contribution in [2.24, 2.45) is 0 Å². The van der Waals surface area contributed by atoms with Gasteiger partial charge in [-0.25, -0.2) is 4.98 Å². The van der Waals surface area contributed by atoms with Gasteiger partial charge in [-0.3, -0.25) is 0 Å². The van der Waals surface area contributed by atoms with E-state index in [4.69, 9.17) is 14.4 Å². The SMILES string of the molecule is Cc1oc(-c2ccccc2)nc1CCOc1cccc(C(O)C#N)c1. The van der Waals surface area contributed by atoms with Gasteiger partial charge in [-0.2, -0.15) is 5.26 Å². The van der Waals surface area contributed by atoms with Gasteiger partial charge in [0.1, 0.15) is 11.5 Å². The number of aliphatic hydroxyl groups excluding tert-OH is 1. The van der Waals surface area contributed by atoms with Crippen molar-refractivity contribution in [2.75, 3.05) is 6.61 Å². The summed E-state index contributed by atoms with van der Waals surface area (Å²) in [6.45, 7) is 2.31. The van der Waals surface area contributed by atoms with Crippen molar-refractivity contribution in [2.45, 2.75) is 19.4 Å². The predicted octanol–water partition coefficient (Wildman–Crippen LogP) is 3.83. The maximum Gasteiger partial charge on any atom is 0.226 e. The van der Waals surface area contributed by atoms with Crippen LogP contribution >= 0.6 is 0 Å². The summed E-state index contributed by atoms with van der Waals surface area (Å²) in [7, 11) is 0. The predicted molar refractivity (Wildman–Crippen MR) is 92.9 cm³/mol. The molecule has 0 radical (unpaired) electrons. The minimum atomic E-state index is -1.14. The molecule has 0 aliphatic carbocycles. The zero-order chi connectivity index (χ0) is 17.6. The van der Waals surface area contributed by atoms with E-state index in [9.17, 15) is 5.11 Å². The van der Waals surface area contributed by atoms with E-state index in [0.29, 0.717) is 30.2 Å². The maximum atomic E-state index is 9.57. The van der Waals surface area contributed by atoms with Crippen LogP contribution in [0.4, 0.5) is 0 Å². The molecule has 5 heteroatoms. The summed E-state index contributed by atoms with van der Waals surface area (Å²) < 4.78 is 11.4. The van der Waals surface area contributed by atoms with E-state index in [-0.39, 0.29) is 0 Å². The molecule has 3 aromatic rings. The number of benzene rings is 2. The number of rotatable bonds is 6. The third-order valence-corrected chi connectivity index (χ3v) is 3.82. The van der Waals surface area contributed by atoms with E-state index < -0.39 is 6.10 Å². The molecule has 1 aromatic heterocycles. The number of aromatic nitrogens is 1. The summed E-state index contributed by atoms with van der Waals surface area (Å²) in [5, 5.41) is 18.3. The van der Waals surface area contributed by atoms with E-state index in [1.54, 1.807) is 30.3 Å². The van der Waals surface area contributed by atoms with Gasteiger partial charge in [0.15, 0.2) is 6.10 Å². The molecule has 0 fully saturated rings. The Hall–Kier alpha value is -3.10. The number of aliphatic hydroxyl groups is 1. The highest BCUT2D eigenvalue weighted by Gasteiger charge is 2.11. The fourth-order valence-electron chi connectivity index (χ4n) is 2.48. The highest BCUT2D eigenvalue weighted by molar-refractivity contribution is 5.53. The van der Waals surface area contributed by atoms with Crippen LogP contribution in [-0.4, -0.2) is 16.7 Å². The fourth-order valence-corrected chi connectivity index (χ4v) is 2.48. The molecule has 2 aromatic carbocycles. The summed E-state index contributed by atoms with van der Waals surface area (Å²) in [6, 6.07) is 18.4. The van der Waals surface area contributed by atoms with E-state index in [1.165, 1.54) is 0 Å². The third kappa shape index (κ3) is 4.06. The molecule has 0 aliphatic rings. The number of ether oxygens (including phenoxy) is 1. The molecule has 5 nitrogen and oxygen atoms in total. The molecule has 0 aliphatic heterocycles. The van der Waals surface area contributed by atoms with Gasteiger partial charge in [-0.1, -0.05) is 30.3 Å². The highest BCUT2D eigenvalue weighted by atomic mass is 16.5. The lowest BCUT2D eigenvalue weighted by Gasteiger charge is -2.08. The Balaban J connectivity index is 1.63. The van der Waals surface area contributed by atoms with Crippen LogP contribution in [0, 0.1) is 18.3 Å². The summed E-state index contributed by atoms with van der Waals surface area (Å²) in [5.41, 5.74) is 2.31. The molecular formula is C20H18N2O3. The summed E-state index contributed by atoms with van der Waals surface area (Å²) in [6.07, 6.45) is -0.539. The number of nitriles is 1. The van der Waals surface area contributed by atoms with Gasteiger partial charge in [-0.15, -0.1) is 0 Å². The van der Waals surface area contributed by atoms with Crippen molar-refractivity contribution >= 4 is 0 Å². The lowest BCUT2D eigenvalue weighted by atomic mass is 10.1. The van der Waals surface area contributed by atoms with Crippen LogP contribution in [0.1, 0.15) is 23.1 Å². The van der Waals surface area contributed by atoms with Gasteiger partial charge < -0.3 is 14.3 Å². The molecule has 25 heavy (non-hydrogen) atoms. The number of hydrogen-bond donors (Lipinski definition) is 1. The van der Waals surface area contributed by atoms with Crippen molar-refractivity contribution in [3.05, 3.63) is 71.6 Å². The molecule has 1 heterocycles. The molecule has 1 atom stereocenters. The Morgan fingerprint density at radius 1 is 1.20 bits per heavy atom. The minimum absolute atomic E-state index is 0.424. The maximum absolute atomic E-state index is 9.57. The molecule has 0 saturated heterocycles. The normalized spacial score (nSPS) is 11.7. The standard InChI is InChI=1S/C20H18N2O3/c1-14-18(22-20(25-14)15-6-3-2-4-7-15)10-11-24-17-9-5-8-16(12-17)19(23)13-21/h2-9,12,19,23H,10-11H2,1H3. The van der Waals surface area contributed by atoms with Gasteiger partial charge in [0, 0.05) is 12.0 Å². The van der Waals surface area contributed by atoms with Crippen molar-refractivity contribution in [1.82, 2.24) is 4.98 Å². The van der Waals surface area contributed by atoms with Crippen LogP contribution in [0.2, 0.25) is 0 Å². The lowest BCUT2D eigenvalue weighted by molar-refractivity contribution is 0.234. The summed E-state index contributed by atoms with van der Waals surface area (Å²) in [4.78, 5) is 4.54. The first kappa shape index (κ1) is 16.7. The van der Waals surface area contributed by atoms with Crippen molar-refractivity contribution < 1.29 is 14.3 Å². The summed E-state index contributed by atoms with van der Waals surface area (Å²) in [5.74, 6) is 1.99. The number of nitrogens with zero attached hydrogens (tertiary/aromatic N) is 2. The summed E-state index contributed by atoms with van der Waals surface area (Å²) >= 11 is 0. The Kier molecular flexibility index (Phi) is 5.12. The quantitative estimate of drug-likeness (QED) is 0.693. The first-order chi connectivity index (χ1) is 12.2. The molecular weight excluding hydrogens is 316 g/mol. The van der Waals surface area contributed by atoms with Gasteiger partial charge in [0.05, 0.1) is 18.4 Å². The van der Waals surface area contributed by atoms with Crippen LogP contribution in [-0.2, 0) is 6.42 Å². The second-order valence-electron chi connectivity index (χ2n) is 5.59. The molecule has 0 saturated carbocycles. The number of oxazole rings is 1. The van der Waals surface area contributed by atoms with Crippen LogP contribution in [0.3, 0.4) is 0 Å². The molecule has 1 N–H and O–H groups in total. The molecule has 126 valence electrons. The Labute approximate surface area is 146 Å². The fraction of sp³-hybridized carbons (Fsp3) is 0.200. The van der Waals surface area contributed by atoms with E-state index in [0.717, 1.165) is 17.0 Å². The third-order valence-electron chi connectivity index (χ3n) is 3.82. The highest BCUT2D eigenvalue weighted by Crippen LogP contribution is 2.22. The van der Waals surface area contributed by atoms with E-state index in [2.05, 4.69) is 4.98 Å². The van der Waals surface area contributed by atoms with Gasteiger partial charge >= 0.3 is 0 Å². The topological polar surface area (TPSA) is 79.3 Å². The average Bonchev–Trinajstić information content (AvgIpc) is 3.03. The molecule has 0 amide bonds. The Bertz CT molecular complexity index is 881. The minimum Gasteiger partial charge on any atom is -0.493 e. The van der Waals surface area contributed by atoms with Crippen molar-refractivity contribution in [1.29, 1.82) is 5.26 Å². The zero-order valence-electron chi connectivity index (χ0n) is 13.8. The van der Waals surface area contributed by atoms with Gasteiger partial charge in [-0.05, 0) is 36.8 Å². The van der Waals surface area contributed by atoms with Crippen molar-refractivity contribution in [3.63, 3.8) is 0 Å². The zero-order valence-corrected chi connectivity index (χ0v) is 13.8. The van der Waals surface area contributed by atoms with Gasteiger partial charge in [0.2, 0.25) is 5.89 Å². The Morgan fingerprint density at radius 2 is 2.00 bits per heavy atom. The number of aryl methyl sites for hydroxylation is 1. The first-order valence-corrected chi connectivity index (χ1v) is 7.99.